The van der Waals surface area contributed by atoms with Crippen molar-refractivity contribution in [2.45, 2.75) is 30.2 Å². The molecule has 1 aliphatic rings. The van der Waals surface area contributed by atoms with E-state index >= 15 is 0 Å². The van der Waals surface area contributed by atoms with Crippen LogP contribution in [0.25, 0.3) is 0 Å². The number of methoxy groups -OCH3 is 1. The molecule has 8 heteroatoms. The summed E-state index contributed by atoms with van der Waals surface area (Å²) < 4.78 is 33.9. The van der Waals surface area contributed by atoms with Gasteiger partial charge in [-0.05, 0) is 69.3 Å². The molecule has 1 N–H and O–H groups in total. The van der Waals surface area contributed by atoms with Gasteiger partial charge in [0.25, 0.3) is 10.0 Å². The monoisotopic (exact) mass is 428 g/mol. The maximum atomic E-state index is 12.9. The van der Waals surface area contributed by atoms with Crippen LogP contribution >= 0.6 is 23.2 Å². The van der Waals surface area contributed by atoms with Crippen LogP contribution in [0.4, 0.5) is 5.69 Å². The molecule has 146 valence electrons. The standard InChI is InChI=1S/C19H22Cl2N2O3S/c1-23(2)14-4-5-16-17(11-14)19(26-3)7-6-18(16)22-27(24,25)15-9-12(20)8-13(21)10-15/h6-10,14,22H,4-5,11H2,1-3H3. The van der Waals surface area contributed by atoms with Crippen LogP contribution in [0.5, 0.6) is 5.75 Å². The minimum absolute atomic E-state index is 0.0338. The van der Waals surface area contributed by atoms with Gasteiger partial charge in [-0.2, -0.15) is 0 Å². The van der Waals surface area contributed by atoms with E-state index in [2.05, 4.69) is 23.7 Å². The van der Waals surface area contributed by atoms with Crippen LogP contribution in [0.3, 0.4) is 0 Å². The zero-order valence-corrected chi connectivity index (χ0v) is 17.7. The zero-order valence-electron chi connectivity index (χ0n) is 15.4. The Morgan fingerprint density at radius 3 is 2.37 bits per heavy atom. The van der Waals surface area contributed by atoms with Crippen LogP contribution in [-0.4, -0.2) is 40.6 Å². The molecule has 2 aromatic rings. The molecule has 1 aliphatic carbocycles. The lowest BCUT2D eigenvalue weighted by Gasteiger charge is -2.32. The summed E-state index contributed by atoms with van der Waals surface area (Å²) in [6, 6.07) is 8.21. The first-order chi connectivity index (χ1) is 12.7. The predicted octanol–water partition coefficient (Wildman–Crippen LogP) is 4.22. The van der Waals surface area contributed by atoms with Crippen molar-refractivity contribution >= 4 is 38.9 Å². The second kappa shape index (κ2) is 7.87. The van der Waals surface area contributed by atoms with Gasteiger partial charge in [-0.25, -0.2) is 8.42 Å². The Hall–Kier alpha value is -1.47. The van der Waals surface area contributed by atoms with Crippen LogP contribution in [-0.2, 0) is 22.9 Å². The molecule has 27 heavy (non-hydrogen) atoms. The number of anilines is 1. The van der Waals surface area contributed by atoms with Gasteiger partial charge in [-0.1, -0.05) is 23.2 Å². The highest BCUT2D eigenvalue weighted by molar-refractivity contribution is 7.92. The van der Waals surface area contributed by atoms with E-state index in [1.807, 2.05) is 0 Å². The molecule has 3 rings (SSSR count). The molecule has 0 amide bonds. The second-order valence-electron chi connectivity index (χ2n) is 6.84. The van der Waals surface area contributed by atoms with Crippen LogP contribution in [0.2, 0.25) is 10.0 Å². The Kier molecular flexibility index (Phi) is 5.91. The Bertz CT molecular complexity index is 941. The van der Waals surface area contributed by atoms with Gasteiger partial charge in [-0.15, -0.1) is 0 Å². The summed E-state index contributed by atoms with van der Waals surface area (Å²) in [4.78, 5) is 2.22. The van der Waals surface area contributed by atoms with Gasteiger partial charge in [0.2, 0.25) is 0 Å². The van der Waals surface area contributed by atoms with Crippen molar-refractivity contribution in [3.63, 3.8) is 0 Å². The normalized spacial score (nSPS) is 16.9. The van der Waals surface area contributed by atoms with Crippen molar-refractivity contribution in [1.82, 2.24) is 4.90 Å². The fourth-order valence-corrected chi connectivity index (χ4v) is 5.26. The average molecular weight is 429 g/mol. The van der Waals surface area contributed by atoms with Crippen molar-refractivity contribution < 1.29 is 13.2 Å². The van der Waals surface area contributed by atoms with Gasteiger partial charge in [-0.3, -0.25) is 4.72 Å². The number of rotatable bonds is 5. The summed E-state index contributed by atoms with van der Waals surface area (Å²) >= 11 is 11.9. The molecule has 0 bridgehead atoms. The molecule has 0 aliphatic heterocycles. The fraction of sp³-hybridized carbons (Fsp3) is 0.368. The summed E-state index contributed by atoms with van der Waals surface area (Å²) in [6.45, 7) is 0. The summed E-state index contributed by atoms with van der Waals surface area (Å²) in [5.41, 5.74) is 2.59. The Morgan fingerprint density at radius 2 is 1.78 bits per heavy atom. The molecule has 1 atom stereocenters. The van der Waals surface area contributed by atoms with E-state index in [1.165, 1.54) is 18.2 Å². The van der Waals surface area contributed by atoms with Gasteiger partial charge in [0.05, 0.1) is 17.7 Å². The molecule has 0 saturated heterocycles. The van der Waals surface area contributed by atoms with Crippen molar-refractivity contribution in [1.29, 1.82) is 0 Å². The topological polar surface area (TPSA) is 58.6 Å². The van der Waals surface area contributed by atoms with Crippen molar-refractivity contribution in [3.05, 3.63) is 51.5 Å². The molecule has 0 aromatic heterocycles. The van der Waals surface area contributed by atoms with E-state index in [-0.39, 0.29) is 14.9 Å². The minimum Gasteiger partial charge on any atom is -0.496 e. The number of halogens is 2. The lowest BCUT2D eigenvalue weighted by Crippen LogP contribution is -2.34. The highest BCUT2D eigenvalue weighted by Gasteiger charge is 2.27. The Morgan fingerprint density at radius 1 is 1.11 bits per heavy atom. The quantitative estimate of drug-likeness (QED) is 0.773. The number of hydrogen-bond donors (Lipinski definition) is 1. The molecular formula is C19H22Cl2N2O3S. The average Bonchev–Trinajstić information content (AvgIpc) is 2.60. The summed E-state index contributed by atoms with van der Waals surface area (Å²) in [5.74, 6) is 0.783. The molecule has 5 nitrogen and oxygen atoms in total. The van der Waals surface area contributed by atoms with Crippen LogP contribution < -0.4 is 9.46 Å². The van der Waals surface area contributed by atoms with E-state index in [4.69, 9.17) is 27.9 Å². The molecule has 0 saturated carbocycles. The van der Waals surface area contributed by atoms with E-state index in [1.54, 1.807) is 19.2 Å². The third-order valence-electron chi connectivity index (χ3n) is 4.90. The van der Waals surface area contributed by atoms with Crippen molar-refractivity contribution in [3.8, 4) is 5.75 Å². The Balaban J connectivity index is 2.00. The van der Waals surface area contributed by atoms with Crippen LogP contribution in [0.1, 0.15) is 17.5 Å². The fourth-order valence-electron chi connectivity index (χ4n) is 3.44. The SMILES string of the molecule is COc1ccc(NS(=O)(=O)c2cc(Cl)cc(Cl)c2)c2c1CC(N(C)C)CC2. The number of hydrogen-bond acceptors (Lipinski definition) is 4. The molecule has 2 aromatic carbocycles. The number of sulfonamides is 1. The second-order valence-corrected chi connectivity index (χ2v) is 9.40. The third kappa shape index (κ3) is 4.35. The van der Waals surface area contributed by atoms with E-state index < -0.39 is 10.0 Å². The lowest BCUT2D eigenvalue weighted by atomic mass is 9.86. The van der Waals surface area contributed by atoms with Crippen molar-refractivity contribution in [2.75, 3.05) is 25.9 Å². The largest absolute Gasteiger partial charge is 0.496 e. The van der Waals surface area contributed by atoms with Crippen LogP contribution in [0.15, 0.2) is 35.2 Å². The lowest BCUT2D eigenvalue weighted by molar-refractivity contribution is 0.265. The third-order valence-corrected chi connectivity index (χ3v) is 6.68. The summed E-state index contributed by atoms with van der Waals surface area (Å²) in [5, 5.41) is 0.543. The predicted molar refractivity (Wildman–Crippen MR) is 110 cm³/mol. The van der Waals surface area contributed by atoms with E-state index in [0.717, 1.165) is 36.1 Å². The zero-order chi connectivity index (χ0) is 19.8. The minimum atomic E-state index is -3.81. The maximum Gasteiger partial charge on any atom is 0.262 e. The van der Waals surface area contributed by atoms with Gasteiger partial charge >= 0.3 is 0 Å². The Labute approximate surface area is 170 Å². The molecule has 0 heterocycles. The highest BCUT2D eigenvalue weighted by atomic mass is 35.5. The van der Waals surface area contributed by atoms with Crippen LogP contribution in [0, 0.1) is 0 Å². The smallest absolute Gasteiger partial charge is 0.262 e. The van der Waals surface area contributed by atoms with Gasteiger partial charge in [0.15, 0.2) is 0 Å². The maximum absolute atomic E-state index is 12.9. The van der Waals surface area contributed by atoms with Gasteiger partial charge < -0.3 is 9.64 Å². The van der Waals surface area contributed by atoms with Crippen molar-refractivity contribution in [2.24, 2.45) is 0 Å². The molecule has 0 fully saturated rings. The summed E-state index contributed by atoms with van der Waals surface area (Å²) in [7, 11) is 1.93. The van der Waals surface area contributed by atoms with E-state index in [9.17, 15) is 8.42 Å². The van der Waals surface area contributed by atoms with Gasteiger partial charge in [0, 0.05) is 21.7 Å². The summed E-state index contributed by atoms with van der Waals surface area (Å²) in [6.07, 6.45) is 2.53. The number of nitrogens with zero attached hydrogens (tertiary/aromatic N) is 1. The molecule has 0 radical (unpaired) electrons. The molecule has 0 spiro atoms. The first kappa shape index (κ1) is 20.3. The van der Waals surface area contributed by atoms with E-state index in [0.29, 0.717) is 11.7 Å². The number of ether oxygens (including phenoxy) is 1. The molecule has 1 unspecified atom stereocenters. The highest BCUT2D eigenvalue weighted by Crippen LogP contribution is 2.37. The first-order valence-corrected chi connectivity index (χ1v) is 10.8. The number of nitrogens with one attached hydrogen (secondary N) is 1. The number of benzene rings is 2. The molecular weight excluding hydrogens is 407 g/mol. The number of likely N-dealkylation sites (N-methyl/N-ethyl adjacent to an activating group) is 1. The number of fused-ring (bicyclic) bond motifs is 1. The van der Waals surface area contributed by atoms with Gasteiger partial charge in [0.1, 0.15) is 5.75 Å². The first-order valence-electron chi connectivity index (χ1n) is 8.55.